The van der Waals surface area contributed by atoms with Crippen LogP contribution in [0.25, 0.3) is 0 Å². The normalized spacial score (nSPS) is 23.2. The molecule has 3 amide bonds. The van der Waals surface area contributed by atoms with Gasteiger partial charge in [0.2, 0.25) is 5.96 Å². The molecule has 2 unspecified atom stereocenters. The van der Waals surface area contributed by atoms with Crippen LogP contribution in [0.2, 0.25) is 0 Å². The third kappa shape index (κ3) is 2.84. The van der Waals surface area contributed by atoms with Gasteiger partial charge in [0, 0.05) is 30.7 Å². The zero-order chi connectivity index (χ0) is 21.7. The zero-order valence-electron chi connectivity index (χ0n) is 17.7. The first-order valence-corrected chi connectivity index (χ1v) is 9.82. The molecule has 9 heteroatoms. The number of carbonyl (C=O) groups excluding carboxylic acids is 3. The lowest BCUT2D eigenvalue weighted by Gasteiger charge is -2.40. The van der Waals surface area contributed by atoms with Crippen LogP contribution in [0.1, 0.15) is 25.8 Å². The molecule has 0 aliphatic carbocycles. The number of aryl methyl sites for hydroxylation is 1. The first kappa shape index (κ1) is 19.9. The molecule has 2 atom stereocenters. The summed E-state index contributed by atoms with van der Waals surface area (Å²) >= 11 is 0. The van der Waals surface area contributed by atoms with Crippen molar-refractivity contribution in [2.45, 2.75) is 39.4 Å². The second-order valence-corrected chi connectivity index (χ2v) is 7.71. The van der Waals surface area contributed by atoms with Crippen LogP contribution >= 0.6 is 0 Å². The number of benzene rings is 1. The summed E-state index contributed by atoms with van der Waals surface area (Å²) in [6, 6.07) is 6.96. The molecule has 0 spiro atoms. The Morgan fingerprint density at radius 3 is 2.40 bits per heavy atom. The van der Waals surface area contributed by atoms with Crippen LogP contribution in [0.4, 0.5) is 10.5 Å². The van der Waals surface area contributed by atoms with Crippen molar-refractivity contribution in [2.75, 3.05) is 25.6 Å². The van der Waals surface area contributed by atoms with Crippen molar-refractivity contribution in [3.05, 3.63) is 41.2 Å². The Labute approximate surface area is 175 Å². The van der Waals surface area contributed by atoms with Crippen LogP contribution in [-0.4, -0.2) is 71.5 Å². The summed E-state index contributed by atoms with van der Waals surface area (Å²) in [6.45, 7) is 5.94. The van der Waals surface area contributed by atoms with Gasteiger partial charge in [0.05, 0.1) is 13.5 Å². The number of rotatable bonds is 4. The van der Waals surface area contributed by atoms with Crippen LogP contribution in [0.5, 0.6) is 0 Å². The molecule has 3 aliphatic rings. The molecule has 158 valence electrons. The van der Waals surface area contributed by atoms with Gasteiger partial charge in [0.25, 0.3) is 5.91 Å². The van der Waals surface area contributed by atoms with Crippen molar-refractivity contribution < 1.29 is 19.1 Å². The maximum atomic E-state index is 13.3. The summed E-state index contributed by atoms with van der Waals surface area (Å²) < 4.78 is 4.65. The van der Waals surface area contributed by atoms with Crippen LogP contribution in [-0.2, 0) is 14.3 Å². The van der Waals surface area contributed by atoms with E-state index >= 15 is 0 Å². The number of hydrogen-bond donors (Lipinski definition) is 0. The smallest absolute Gasteiger partial charge is 0.328 e. The molecule has 9 nitrogen and oxygen atoms in total. The Balaban J connectivity index is 1.68. The Bertz CT molecular complexity index is 984. The lowest BCUT2D eigenvalue weighted by atomic mass is 10.1. The van der Waals surface area contributed by atoms with E-state index in [0.29, 0.717) is 5.96 Å². The van der Waals surface area contributed by atoms with E-state index in [1.807, 2.05) is 54.8 Å². The fraction of sp³-hybridized carbons (Fsp3) is 0.429. The van der Waals surface area contributed by atoms with Gasteiger partial charge in [0.1, 0.15) is 0 Å². The Kier molecular flexibility index (Phi) is 4.76. The number of carbonyl (C=O) groups is 3. The van der Waals surface area contributed by atoms with Crippen molar-refractivity contribution >= 4 is 29.6 Å². The number of fused-ring (bicyclic) bond motifs is 3. The first-order chi connectivity index (χ1) is 14.3. The average Bonchev–Trinajstić information content (AvgIpc) is 3.23. The van der Waals surface area contributed by atoms with E-state index in [2.05, 4.69) is 4.74 Å². The number of nitrogens with zero attached hydrogens (tertiary/aromatic N) is 5. The highest BCUT2D eigenvalue weighted by molar-refractivity contribution is 6.10. The van der Waals surface area contributed by atoms with Crippen molar-refractivity contribution in [2.24, 2.45) is 4.99 Å². The number of anilines is 1. The molecule has 1 aromatic rings. The molecule has 1 fully saturated rings. The van der Waals surface area contributed by atoms with Gasteiger partial charge in [-0.15, -0.1) is 0 Å². The molecule has 3 aliphatic heterocycles. The van der Waals surface area contributed by atoms with E-state index in [9.17, 15) is 14.4 Å². The molecule has 0 radical (unpaired) electrons. The number of hydrogen-bond acceptors (Lipinski definition) is 7. The first-order valence-electron chi connectivity index (χ1n) is 9.82. The van der Waals surface area contributed by atoms with Gasteiger partial charge < -0.3 is 9.64 Å². The lowest BCUT2D eigenvalue weighted by molar-refractivity contribution is -0.142. The summed E-state index contributed by atoms with van der Waals surface area (Å²) in [5.74, 6) is -0.197. The summed E-state index contributed by atoms with van der Waals surface area (Å²) in [5, 5.41) is 0. The van der Waals surface area contributed by atoms with Crippen LogP contribution in [0.3, 0.4) is 0 Å². The fourth-order valence-electron chi connectivity index (χ4n) is 4.13. The summed E-state index contributed by atoms with van der Waals surface area (Å²) in [6.07, 6.45) is -0.665. The quantitative estimate of drug-likeness (QED) is 0.704. The predicted molar refractivity (Wildman–Crippen MR) is 110 cm³/mol. The van der Waals surface area contributed by atoms with Crippen LogP contribution < -0.4 is 4.90 Å². The van der Waals surface area contributed by atoms with Crippen molar-refractivity contribution in [3.63, 3.8) is 0 Å². The Hall–Kier alpha value is -3.36. The van der Waals surface area contributed by atoms with E-state index in [0.717, 1.165) is 27.5 Å². The van der Waals surface area contributed by atoms with Gasteiger partial charge in [-0.05, 0) is 32.9 Å². The number of imide groups is 1. The van der Waals surface area contributed by atoms with Gasteiger partial charge in [-0.2, -0.15) is 0 Å². The standard InChI is InChI=1S/C21H25N5O4/c1-12-6-8-15(9-7-12)25-13(2)14(3)26-17-18(22-20(25)26)23(4)21(29)24(19(17)28)11-10-16(27)30-5/h6-9,17-18H,10-11H2,1-5H3. The number of ether oxygens (including phenoxy) is 1. The summed E-state index contributed by atoms with van der Waals surface area (Å²) in [5.41, 5.74) is 3.98. The third-order valence-corrected chi connectivity index (χ3v) is 5.95. The molecule has 1 aromatic carbocycles. The molecule has 4 rings (SSSR count). The minimum Gasteiger partial charge on any atom is -0.469 e. The van der Waals surface area contributed by atoms with Gasteiger partial charge >= 0.3 is 12.0 Å². The zero-order valence-corrected chi connectivity index (χ0v) is 17.7. The molecule has 0 saturated carbocycles. The largest absolute Gasteiger partial charge is 0.469 e. The number of guanidine groups is 1. The highest BCUT2D eigenvalue weighted by Crippen LogP contribution is 2.39. The third-order valence-electron chi connectivity index (χ3n) is 5.95. The Morgan fingerprint density at radius 2 is 1.77 bits per heavy atom. The number of likely N-dealkylation sites (N-methyl/N-ethyl adjacent to an activating group) is 1. The Morgan fingerprint density at radius 1 is 1.10 bits per heavy atom. The minimum absolute atomic E-state index is 0.0233. The number of amides is 3. The van der Waals surface area contributed by atoms with Gasteiger partial charge in [0.15, 0.2) is 12.2 Å². The molecular weight excluding hydrogens is 386 g/mol. The minimum atomic E-state index is -0.661. The van der Waals surface area contributed by atoms with Crippen molar-refractivity contribution in [3.8, 4) is 0 Å². The number of urea groups is 1. The summed E-state index contributed by atoms with van der Waals surface area (Å²) in [4.78, 5) is 48.9. The molecule has 0 N–H and O–H groups in total. The average molecular weight is 411 g/mol. The van der Waals surface area contributed by atoms with Crippen molar-refractivity contribution in [1.82, 2.24) is 14.7 Å². The maximum absolute atomic E-state index is 13.3. The molecule has 3 heterocycles. The second-order valence-electron chi connectivity index (χ2n) is 7.71. The molecule has 0 aromatic heterocycles. The van der Waals surface area contributed by atoms with Crippen molar-refractivity contribution in [1.29, 1.82) is 0 Å². The molecule has 0 bridgehead atoms. The van der Waals surface area contributed by atoms with E-state index in [-0.39, 0.29) is 18.9 Å². The van der Waals surface area contributed by atoms with E-state index in [1.54, 1.807) is 7.05 Å². The SMILES string of the molecule is COC(=O)CCN1C(=O)C2C(N=C3N(c4ccc(C)cc4)C(C)=C(C)N32)N(C)C1=O. The number of methoxy groups -OCH3 is 1. The number of esters is 1. The molecular formula is C21H25N5O4. The molecule has 1 saturated heterocycles. The topological polar surface area (TPSA) is 85.8 Å². The van der Waals surface area contributed by atoms with Crippen LogP contribution in [0, 0.1) is 6.92 Å². The lowest BCUT2D eigenvalue weighted by Crippen LogP contribution is -2.64. The van der Waals surface area contributed by atoms with Crippen LogP contribution in [0.15, 0.2) is 40.7 Å². The predicted octanol–water partition coefficient (Wildman–Crippen LogP) is 1.89. The van der Waals surface area contributed by atoms with Gasteiger partial charge in [-0.3, -0.25) is 24.3 Å². The molecule has 30 heavy (non-hydrogen) atoms. The number of allylic oxidation sites excluding steroid dienone is 2. The van der Waals surface area contributed by atoms with Gasteiger partial charge in [-0.25, -0.2) is 9.79 Å². The highest BCUT2D eigenvalue weighted by atomic mass is 16.5. The highest BCUT2D eigenvalue weighted by Gasteiger charge is 2.55. The fourth-order valence-corrected chi connectivity index (χ4v) is 4.13. The second kappa shape index (κ2) is 7.16. The number of aliphatic imine (C=N–C) groups is 1. The van der Waals surface area contributed by atoms with E-state index in [1.165, 1.54) is 12.0 Å². The van der Waals surface area contributed by atoms with Gasteiger partial charge in [-0.1, -0.05) is 17.7 Å². The summed E-state index contributed by atoms with van der Waals surface area (Å²) in [7, 11) is 2.91. The van der Waals surface area contributed by atoms with E-state index < -0.39 is 24.2 Å². The maximum Gasteiger partial charge on any atom is 0.328 e. The monoisotopic (exact) mass is 411 g/mol. The van der Waals surface area contributed by atoms with E-state index in [4.69, 9.17) is 4.99 Å².